The van der Waals surface area contributed by atoms with E-state index in [1.807, 2.05) is 0 Å². The van der Waals surface area contributed by atoms with E-state index in [2.05, 4.69) is 10.5 Å². The van der Waals surface area contributed by atoms with Crippen LogP contribution in [0.15, 0.2) is 22.7 Å². The Kier molecular flexibility index (Phi) is 5.72. The number of hydrogen-bond donors (Lipinski definition) is 1. The lowest BCUT2D eigenvalue weighted by molar-refractivity contribution is -0.119. The number of nitrogens with zero attached hydrogens (tertiary/aromatic N) is 1. The first-order valence-corrected chi connectivity index (χ1v) is 7.10. The van der Waals surface area contributed by atoms with Gasteiger partial charge in [-0.15, -0.1) is 0 Å². The first kappa shape index (κ1) is 18.0. The number of methoxy groups -OCH3 is 2. The fraction of sp³-hybridized carbons (Fsp3) is 0.250. The minimum atomic E-state index is -0.899. The van der Waals surface area contributed by atoms with E-state index >= 15 is 0 Å². The van der Waals surface area contributed by atoms with E-state index in [1.54, 1.807) is 6.92 Å². The highest BCUT2D eigenvalue weighted by molar-refractivity contribution is 6.03. The predicted molar refractivity (Wildman–Crippen MR) is 85.1 cm³/mol. The van der Waals surface area contributed by atoms with Gasteiger partial charge >= 0.3 is 5.97 Å². The zero-order valence-corrected chi connectivity index (χ0v) is 13.8. The zero-order valence-electron chi connectivity index (χ0n) is 13.8. The van der Waals surface area contributed by atoms with Crippen molar-refractivity contribution >= 4 is 24.0 Å². The number of hydrogen-bond acceptors (Lipinski definition) is 8. The molecule has 0 fully saturated rings. The normalized spacial score (nSPS) is 10.0. The SMILES string of the molecule is COc1ccc(C=O)c(C(=O)OCC(=O)Nc2cc(C)on2)c1OC. The highest BCUT2D eigenvalue weighted by Crippen LogP contribution is 2.33. The molecule has 25 heavy (non-hydrogen) atoms. The molecule has 1 amide bonds. The van der Waals surface area contributed by atoms with E-state index in [-0.39, 0.29) is 28.4 Å². The molecule has 0 unspecified atom stereocenters. The lowest BCUT2D eigenvalue weighted by atomic mass is 10.1. The van der Waals surface area contributed by atoms with Crippen LogP contribution in [0.4, 0.5) is 5.82 Å². The summed E-state index contributed by atoms with van der Waals surface area (Å²) in [5, 5.41) is 5.99. The number of amides is 1. The van der Waals surface area contributed by atoms with Gasteiger partial charge in [-0.3, -0.25) is 9.59 Å². The minimum absolute atomic E-state index is 0.0460. The molecule has 0 spiro atoms. The Morgan fingerprint density at radius 2 is 2.04 bits per heavy atom. The van der Waals surface area contributed by atoms with Crippen molar-refractivity contribution in [3.63, 3.8) is 0 Å². The molecule has 1 aromatic heterocycles. The molecule has 0 radical (unpaired) electrons. The molecule has 1 aromatic carbocycles. The Hall–Kier alpha value is -3.36. The molecule has 0 aliphatic carbocycles. The summed E-state index contributed by atoms with van der Waals surface area (Å²) in [6.45, 7) is 1.09. The number of aryl methyl sites for hydroxylation is 1. The molecule has 9 nitrogen and oxygen atoms in total. The van der Waals surface area contributed by atoms with Crippen LogP contribution >= 0.6 is 0 Å². The lowest BCUT2D eigenvalue weighted by Crippen LogP contribution is -2.22. The third-order valence-electron chi connectivity index (χ3n) is 3.14. The van der Waals surface area contributed by atoms with Crippen LogP contribution in [0.3, 0.4) is 0 Å². The van der Waals surface area contributed by atoms with Gasteiger partial charge in [0.05, 0.1) is 14.2 Å². The van der Waals surface area contributed by atoms with Gasteiger partial charge in [0.2, 0.25) is 0 Å². The van der Waals surface area contributed by atoms with E-state index < -0.39 is 18.5 Å². The number of esters is 1. The number of nitrogens with one attached hydrogen (secondary N) is 1. The fourth-order valence-corrected chi connectivity index (χ4v) is 2.06. The van der Waals surface area contributed by atoms with Crippen LogP contribution in [0, 0.1) is 6.92 Å². The largest absolute Gasteiger partial charge is 0.493 e. The first-order chi connectivity index (χ1) is 12.0. The van der Waals surface area contributed by atoms with Crippen molar-refractivity contribution in [2.45, 2.75) is 6.92 Å². The van der Waals surface area contributed by atoms with Crippen LogP contribution in [0.25, 0.3) is 0 Å². The molecule has 0 atom stereocenters. The van der Waals surface area contributed by atoms with Gasteiger partial charge in [-0.05, 0) is 19.1 Å². The summed E-state index contributed by atoms with van der Waals surface area (Å²) in [6, 6.07) is 4.39. The van der Waals surface area contributed by atoms with Crippen molar-refractivity contribution in [3.8, 4) is 11.5 Å². The number of carbonyl (C=O) groups excluding carboxylic acids is 3. The second kappa shape index (κ2) is 7.95. The predicted octanol–water partition coefficient (Wildman–Crippen LogP) is 1.61. The maximum absolute atomic E-state index is 12.3. The number of rotatable bonds is 7. The quantitative estimate of drug-likeness (QED) is 0.592. The summed E-state index contributed by atoms with van der Waals surface area (Å²) in [6.07, 6.45) is 0.483. The number of aldehydes is 1. The molecule has 0 saturated heterocycles. The molecule has 2 aromatic rings. The third kappa shape index (κ3) is 4.14. The molecular weight excluding hydrogens is 332 g/mol. The Bertz CT molecular complexity index is 798. The average Bonchev–Trinajstić information content (AvgIpc) is 3.02. The average molecular weight is 348 g/mol. The van der Waals surface area contributed by atoms with Crippen molar-refractivity contribution in [2.75, 3.05) is 26.1 Å². The van der Waals surface area contributed by atoms with E-state index in [0.717, 1.165) is 0 Å². The van der Waals surface area contributed by atoms with E-state index in [0.29, 0.717) is 12.0 Å². The molecule has 0 bridgehead atoms. The number of benzene rings is 1. The highest BCUT2D eigenvalue weighted by atomic mass is 16.5. The molecule has 0 aliphatic rings. The summed E-state index contributed by atoms with van der Waals surface area (Å²) in [7, 11) is 2.71. The summed E-state index contributed by atoms with van der Waals surface area (Å²) < 4.78 is 20.0. The van der Waals surface area contributed by atoms with Crippen LogP contribution in [-0.4, -0.2) is 44.1 Å². The molecule has 0 saturated carbocycles. The van der Waals surface area contributed by atoms with Gasteiger partial charge in [-0.25, -0.2) is 4.79 Å². The topological polar surface area (TPSA) is 117 Å². The summed E-state index contributed by atoms with van der Waals surface area (Å²) in [5.74, 6) is -0.497. The molecule has 2 rings (SSSR count). The second-order valence-electron chi connectivity index (χ2n) is 4.83. The molecular formula is C16H16N2O7. The number of carbonyl (C=O) groups is 3. The van der Waals surface area contributed by atoms with Crippen molar-refractivity contribution in [2.24, 2.45) is 0 Å². The molecule has 1 N–H and O–H groups in total. The van der Waals surface area contributed by atoms with Gasteiger partial charge in [-0.1, -0.05) is 5.16 Å². The fourth-order valence-electron chi connectivity index (χ4n) is 2.06. The minimum Gasteiger partial charge on any atom is -0.493 e. The summed E-state index contributed by atoms with van der Waals surface area (Å²) >= 11 is 0. The van der Waals surface area contributed by atoms with Crippen LogP contribution in [0.5, 0.6) is 11.5 Å². The van der Waals surface area contributed by atoms with E-state index in [1.165, 1.54) is 32.4 Å². The molecule has 132 valence electrons. The van der Waals surface area contributed by atoms with Gasteiger partial charge in [-0.2, -0.15) is 0 Å². The summed E-state index contributed by atoms with van der Waals surface area (Å²) in [4.78, 5) is 35.3. The monoisotopic (exact) mass is 348 g/mol. The van der Waals surface area contributed by atoms with E-state index in [9.17, 15) is 14.4 Å². The van der Waals surface area contributed by atoms with Crippen molar-refractivity contribution < 1.29 is 33.1 Å². The van der Waals surface area contributed by atoms with Crippen LogP contribution in [0.2, 0.25) is 0 Å². The van der Waals surface area contributed by atoms with Gasteiger partial charge in [0.15, 0.2) is 30.2 Å². The maximum atomic E-state index is 12.3. The Morgan fingerprint density at radius 1 is 1.28 bits per heavy atom. The number of ether oxygens (including phenoxy) is 3. The first-order valence-electron chi connectivity index (χ1n) is 7.10. The van der Waals surface area contributed by atoms with Gasteiger partial charge < -0.3 is 24.1 Å². The number of anilines is 1. The van der Waals surface area contributed by atoms with E-state index in [4.69, 9.17) is 18.7 Å². The lowest BCUT2D eigenvalue weighted by Gasteiger charge is -2.13. The third-order valence-corrected chi connectivity index (χ3v) is 3.14. The van der Waals surface area contributed by atoms with Crippen molar-refractivity contribution in [1.29, 1.82) is 0 Å². The Labute approximate surface area is 142 Å². The smallest absolute Gasteiger partial charge is 0.343 e. The highest BCUT2D eigenvalue weighted by Gasteiger charge is 2.23. The van der Waals surface area contributed by atoms with Gasteiger partial charge in [0, 0.05) is 11.6 Å². The van der Waals surface area contributed by atoms with Gasteiger partial charge in [0.1, 0.15) is 11.3 Å². The standard InChI is InChI=1S/C16H16N2O7/c1-9-6-12(18-25-9)17-13(20)8-24-16(21)14-10(7-19)4-5-11(22-2)15(14)23-3/h4-7H,8H2,1-3H3,(H,17,18,20). The summed E-state index contributed by atoms with van der Waals surface area (Å²) in [5.41, 5.74) is -0.0721. The van der Waals surface area contributed by atoms with Crippen LogP contribution < -0.4 is 14.8 Å². The molecule has 9 heteroatoms. The van der Waals surface area contributed by atoms with Crippen molar-refractivity contribution in [1.82, 2.24) is 5.16 Å². The number of aromatic nitrogens is 1. The maximum Gasteiger partial charge on any atom is 0.343 e. The van der Waals surface area contributed by atoms with Crippen molar-refractivity contribution in [3.05, 3.63) is 35.1 Å². The van der Waals surface area contributed by atoms with Crippen LogP contribution in [0.1, 0.15) is 26.5 Å². The zero-order chi connectivity index (χ0) is 18.4. The van der Waals surface area contributed by atoms with Crippen LogP contribution in [-0.2, 0) is 9.53 Å². The Morgan fingerprint density at radius 3 is 2.60 bits per heavy atom. The van der Waals surface area contributed by atoms with Gasteiger partial charge in [0.25, 0.3) is 5.91 Å². The second-order valence-corrected chi connectivity index (χ2v) is 4.83. The molecule has 0 aliphatic heterocycles. The Balaban J connectivity index is 2.12. The molecule has 1 heterocycles.